The molecule has 2 rings (SSSR count). The third-order valence-electron chi connectivity index (χ3n) is 3.66. The Morgan fingerprint density at radius 1 is 1.12 bits per heavy atom. The van der Waals surface area contributed by atoms with Crippen LogP contribution in [0.2, 0.25) is 0 Å². The summed E-state index contributed by atoms with van der Waals surface area (Å²) in [6.07, 6.45) is 5.84. The largest absolute Gasteiger partial charge is 0.494 e. The molecule has 2 heteroatoms. The van der Waals surface area contributed by atoms with Crippen molar-refractivity contribution in [3.8, 4) is 5.75 Å². The summed E-state index contributed by atoms with van der Waals surface area (Å²) in [6.45, 7) is 4.93. The molecule has 2 N–H and O–H groups in total. The first-order chi connectivity index (χ1) is 8.07. The monoisotopic (exact) mass is 233 g/mol. The molecule has 0 saturated heterocycles. The zero-order valence-corrected chi connectivity index (χ0v) is 11.0. The molecule has 1 aromatic carbocycles. The van der Waals surface area contributed by atoms with Gasteiger partial charge in [-0.05, 0) is 56.4 Å². The smallest absolute Gasteiger partial charge is 0.119 e. The molecule has 0 spiro atoms. The fraction of sp³-hybridized carbons (Fsp3) is 0.600. The summed E-state index contributed by atoms with van der Waals surface area (Å²) < 4.78 is 5.81. The van der Waals surface area contributed by atoms with Gasteiger partial charge in [0, 0.05) is 5.54 Å². The normalized spacial score (nSPS) is 18.3. The Morgan fingerprint density at radius 3 is 2.29 bits per heavy atom. The number of hydrogen-bond acceptors (Lipinski definition) is 2. The third-order valence-corrected chi connectivity index (χ3v) is 3.66. The molecule has 0 radical (unpaired) electrons. The molecule has 0 amide bonds. The fourth-order valence-corrected chi connectivity index (χ4v) is 2.72. The van der Waals surface area contributed by atoms with Crippen LogP contribution in [0.25, 0.3) is 0 Å². The first-order valence-electron chi connectivity index (χ1n) is 6.57. The Labute approximate surface area is 104 Å². The standard InChI is InChI=1S/C15H23NO/c1-12-9-13(2)11-14(10-12)17-8-7-15(16)5-3-4-6-15/h9-11H,3-8,16H2,1-2H3. The van der Waals surface area contributed by atoms with Gasteiger partial charge < -0.3 is 10.5 Å². The molecule has 0 heterocycles. The molecule has 1 aliphatic rings. The van der Waals surface area contributed by atoms with Gasteiger partial charge in [0.2, 0.25) is 0 Å². The van der Waals surface area contributed by atoms with Crippen LogP contribution in [-0.4, -0.2) is 12.1 Å². The summed E-state index contributed by atoms with van der Waals surface area (Å²) in [5, 5.41) is 0. The number of rotatable bonds is 4. The van der Waals surface area contributed by atoms with Crippen molar-refractivity contribution in [3.63, 3.8) is 0 Å². The Bertz CT molecular complexity index is 360. The second-order valence-corrected chi connectivity index (χ2v) is 5.49. The van der Waals surface area contributed by atoms with E-state index in [1.165, 1.54) is 24.0 Å². The lowest BCUT2D eigenvalue weighted by molar-refractivity contribution is 0.258. The van der Waals surface area contributed by atoms with Gasteiger partial charge in [-0.1, -0.05) is 18.9 Å². The zero-order valence-electron chi connectivity index (χ0n) is 11.0. The Morgan fingerprint density at radius 2 is 1.71 bits per heavy atom. The van der Waals surface area contributed by atoms with E-state index in [9.17, 15) is 0 Å². The second kappa shape index (κ2) is 5.09. The van der Waals surface area contributed by atoms with E-state index in [0.29, 0.717) is 0 Å². The van der Waals surface area contributed by atoms with Gasteiger partial charge in [-0.3, -0.25) is 0 Å². The maximum absolute atomic E-state index is 6.30. The van der Waals surface area contributed by atoms with E-state index in [1.54, 1.807) is 0 Å². The van der Waals surface area contributed by atoms with Gasteiger partial charge in [-0.25, -0.2) is 0 Å². The minimum absolute atomic E-state index is 0.0405. The van der Waals surface area contributed by atoms with Crippen LogP contribution in [0, 0.1) is 13.8 Å². The molecule has 1 aliphatic carbocycles. The second-order valence-electron chi connectivity index (χ2n) is 5.49. The summed E-state index contributed by atoms with van der Waals surface area (Å²) in [5.41, 5.74) is 8.85. The van der Waals surface area contributed by atoms with Crippen molar-refractivity contribution < 1.29 is 4.74 Å². The molecule has 0 aromatic heterocycles. The lowest BCUT2D eigenvalue weighted by Crippen LogP contribution is -2.37. The number of ether oxygens (including phenoxy) is 1. The number of hydrogen-bond donors (Lipinski definition) is 1. The van der Waals surface area contributed by atoms with E-state index in [4.69, 9.17) is 10.5 Å². The first-order valence-corrected chi connectivity index (χ1v) is 6.57. The highest BCUT2D eigenvalue weighted by Gasteiger charge is 2.28. The van der Waals surface area contributed by atoms with Crippen molar-refractivity contribution >= 4 is 0 Å². The molecule has 2 nitrogen and oxygen atoms in total. The van der Waals surface area contributed by atoms with Gasteiger partial charge >= 0.3 is 0 Å². The summed E-state index contributed by atoms with van der Waals surface area (Å²) in [4.78, 5) is 0. The van der Waals surface area contributed by atoms with E-state index in [2.05, 4.69) is 32.0 Å². The topological polar surface area (TPSA) is 35.2 Å². The minimum atomic E-state index is 0.0405. The van der Waals surface area contributed by atoms with Gasteiger partial charge in [0.25, 0.3) is 0 Å². The maximum Gasteiger partial charge on any atom is 0.119 e. The molecule has 0 atom stereocenters. The predicted molar refractivity (Wildman–Crippen MR) is 71.4 cm³/mol. The number of nitrogens with two attached hydrogens (primary N) is 1. The summed E-state index contributed by atoms with van der Waals surface area (Å²) in [7, 11) is 0. The van der Waals surface area contributed by atoms with Gasteiger partial charge in [0.1, 0.15) is 5.75 Å². The van der Waals surface area contributed by atoms with E-state index < -0.39 is 0 Å². The van der Waals surface area contributed by atoms with Crippen molar-refractivity contribution in [2.24, 2.45) is 5.73 Å². The molecule has 1 saturated carbocycles. The number of aryl methyl sites for hydroxylation is 2. The highest BCUT2D eigenvalue weighted by atomic mass is 16.5. The maximum atomic E-state index is 6.30. The average Bonchev–Trinajstić information content (AvgIpc) is 2.64. The van der Waals surface area contributed by atoms with Gasteiger partial charge in [-0.2, -0.15) is 0 Å². The van der Waals surface area contributed by atoms with Crippen LogP contribution in [0.1, 0.15) is 43.2 Å². The van der Waals surface area contributed by atoms with Crippen molar-refractivity contribution in [3.05, 3.63) is 29.3 Å². The van der Waals surface area contributed by atoms with Crippen LogP contribution in [0.4, 0.5) is 0 Å². The minimum Gasteiger partial charge on any atom is -0.494 e. The van der Waals surface area contributed by atoms with Gasteiger partial charge in [-0.15, -0.1) is 0 Å². The van der Waals surface area contributed by atoms with Crippen LogP contribution >= 0.6 is 0 Å². The molecule has 1 fully saturated rings. The van der Waals surface area contributed by atoms with Crippen molar-refractivity contribution in [2.45, 2.75) is 51.5 Å². The lowest BCUT2D eigenvalue weighted by atomic mass is 9.95. The van der Waals surface area contributed by atoms with E-state index in [-0.39, 0.29) is 5.54 Å². The molecule has 0 bridgehead atoms. The summed E-state index contributed by atoms with van der Waals surface area (Å²) in [6, 6.07) is 6.34. The highest BCUT2D eigenvalue weighted by molar-refractivity contribution is 5.32. The van der Waals surface area contributed by atoms with E-state index in [0.717, 1.165) is 31.6 Å². The van der Waals surface area contributed by atoms with Gasteiger partial charge in [0.05, 0.1) is 6.61 Å². The SMILES string of the molecule is Cc1cc(C)cc(OCCC2(N)CCCC2)c1. The Kier molecular flexibility index (Phi) is 3.72. The van der Waals surface area contributed by atoms with Crippen LogP contribution in [0.3, 0.4) is 0 Å². The molecule has 17 heavy (non-hydrogen) atoms. The molecule has 1 aromatic rings. The quantitative estimate of drug-likeness (QED) is 0.865. The zero-order chi connectivity index (χ0) is 12.3. The molecule has 94 valence electrons. The average molecular weight is 233 g/mol. The van der Waals surface area contributed by atoms with E-state index >= 15 is 0 Å². The van der Waals surface area contributed by atoms with Crippen molar-refractivity contribution in [1.82, 2.24) is 0 Å². The van der Waals surface area contributed by atoms with Crippen LogP contribution in [-0.2, 0) is 0 Å². The fourth-order valence-electron chi connectivity index (χ4n) is 2.72. The number of benzene rings is 1. The summed E-state index contributed by atoms with van der Waals surface area (Å²) >= 11 is 0. The van der Waals surface area contributed by atoms with Crippen molar-refractivity contribution in [1.29, 1.82) is 0 Å². The molecular formula is C15H23NO. The first kappa shape index (κ1) is 12.4. The predicted octanol–water partition coefficient (Wildman–Crippen LogP) is 3.34. The Balaban J connectivity index is 1.85. The van der Waals surface area contributed by atoms with Gasteiger partial charge in [0.15, 0.2) is 0 Å². The summed E-state index contributed by atoms with van der Waals surface area (Å²) in [5.74, 6) is 0.976. The molecule has 0 unspecified atom stereocenters. The van der Waals surface area contributed by atoms with Crippen LogP contribution in [0.5, 0.6) is 5.75 Å². The van der Waals surface area contributed by atoms with E-state index in [1.807, 2.05) is 0 Å². The molecule has 0 aliphatic heterocycles. The highest BCUT2D eigenvalue weighted by Crippen LogP contribution is 2.30. The van der Waals surface area contributed by atoms with Crippen LogP contribution < -0.4 is 10.5 Å². The van der Waals surface area contributed by atoms with Crippen LogP contribution in [0.15, 0.2) is 18.2 Å². The third kappa shape index (κ3) is 3.47. The molecular weight excluding hydrogens is 210 g/mol. The van der Waals surface area contributed by atoms with Crippen molar-refractivity contribution in [2.75, 3.05) is 6.61 Å². The Hall–Kier alpha value is -1.02. The lowest BCUT2D eigenvalue weighted by Gasteiger charge is -2.23.